The van der Waals surface area contributed by atoms with Crippen LogP contribution in [0.2, 0.25) is 0 Å². The van der Waals surface area contributed by atoms with Crippen LogP contribution in [0.1, 0.15) is 40.2 Å². The van der Waals surface area contributed by atoms with Crippen LogP contribution >= 0.6 is 0 Å². The van der Waals surface area contributed by atoms with Gasteiger partial charge in [-0.25, -0.2) is 8.78 Å². The zero-order chi connectivity index (χ0) is 18.2. The number of hydrogen-bond donors (Lipinski definition) is 1. The molecular weight excluding hydrogens is 343 g/mol. The fourth-order valence-corrected chi connectivity index (χ4v) is 2.92. The Labute approximate surface area is 139 Å². The van der Waals surface area contributed by atoms with E-state index in [-0.39, 0.29) is 5.56 Å². The molecule has 0 saturated heterocycles. The van der Waals surface area contributed by atoms with Gasteiger partial charge in [0.25, 0.3) is 5.91 Å². The fourth-order valence-electron chi connectivity index (χ4n) is 2.92. The lowest BCUT2D eigenvalue weighted by Gasteiger charge is -2.37. The monoisotopic (exact) mass is 356 g/mol. The molecule has 1 N–H and O–H groups in total. The molecule has 25 heavy (non-hydrogen) atoms. The Kier molecular flexibility index (Phi) is 4.45. The predicted octanol–water partition coefficient (Wildman–Crippen LogP) is 4.05. The summed E-state index contributed by atoms with van der Waals surface area (Å²) in [5.74, 6) is -2.78. The average Bonchev–Trinajstić information content (AvgIpc) is 2.53. The van der Waals surface area contributed by atoms with E-state index < -0.39 is 46.8 Å². The zero-order valence-electron chi connectivity index (χ0n) is 12.8. The molecule has 3 nitrogen and oxygen atoms in total. The zero-order valence-corrected chi connectivity index (χ0v) is 12.8. The van der Waals surface area contributed by atoms with Crippen molar-refractivity contribution in [1.82, 2.24) is 10.3 Å². The minimum Gasteiger partial charge on any atom is -0.349 e. The van der Waals surface area contributed by atoms with E-state index in [1.54, 1.807) is 0 Å². The molecule has 0 radical (unpaired) electrons. The summed E-state index contributed by atoms with van der Waals surface area (Å²) in [5, 5.41) is 2.50. The summed E-state index contributed by atoms with van der Waals surface area (Å²) < 4.78 is 65.8. The first kappa shape index (κ1) is 17.3. The highest BCUT2D eigenvalue weighted by molar-refractivity contribution is 5.95. The van der Waals surface area contributed by atoms with Crippen molar-refractivity contribution in [2.45, 2.75) is 31.0 Å². The first-order valence-electron chi connectivity index (χ1n) is 7.54. The minimum absolute atomic E-state index is 0.236. The van der Waals surface area contributed by atoms with Gasteiger partial charge in [-0.1, -0.05) is 6.07 Å². The standard InChI is InChI=1S/C17H13F5N2O/c18-9-1-2-10(14(19)7-9)11-3-4-15(11)24-16(25)12-8-23-6-5-13(12)17(20,21)22/h1-2,5-8,11,15H,3-4H2,(H,24,25)/t11-,15-/m0/s1. The number of nitrogens with zero attached hydrogens (tertiary/aromatic N) is 1. The Morgan fingerprint density at radius 3 is 2.52 bits per heavy atom. The molecule has 1 heterocycles. The first-order valence-corrected chi connectivity index (χ1v) is 7.54. The van der Waals surface area contributed by atoms with Gasteiger partial charge in [0.05, 0.1) is 11.1 Å². The summed E-state index contributed by atoms with van der Waals surface area (Å²) >= 11 is 0. The average molecular weight is 356 g/mol. The van der Waals surface area contributed by atoms with E-state index in [2.05, 4.69) is 10.3 Å². The maximum Gasteiger partial charge on any atom is 0.417 e. The summed E-state index contributed by atoms with van der Waals surface area (Å²) in [7, 11) is 0. The van der Waals surface area contributed by atoms with Crippen molar-refractivity contribution < 1.29 is 26.7 Å². The van der Waals surface area contributed by atoms with Gasteiger partial charge < -0.3 is 5.32 Å². The van der Waals surface area contributed by atoms with E-state index in [1.165, 1.54) is 6.07 Å². The van der Waals surface area contributed by atoms with Gasteiger partial charge in [-0.15, -0.1) is 0 Å². The van der Waals surface area contributed by atoms with Crippen LogP contribution in [0.25, 0.3) is 0 Å². The third-order valence-corrected chi connectivity index (χ3v) is 4.32. The number of pyridine rings is 1. The van der Waals surface area contributed by atoms with Crippen LogP contribution in [0.3, 0.4) is 0 Å². The smallest absolute Gasteiger partial charge is 0.349 e. The summed E-state index contributed by atoms with van der Waals surface area (Å²) in [6, 6.07) is 3.35. The molecule has 0 unspecified atom stereocenters. The molecule has 1 aromatic carbocycles. The summed E-state index contributed by atoms with van der Waals surface area (Å²) in [5.41, 5.74) is -1.43. The van der Waals surface area contributed by atoms with Crippen LogP contribution in [0.4, 0.5) is 22.0 Å². The molecule has 8 heteroatoms. The predicted molar refractivity (Wildman–Crippen MR) is 78.8 cm³/mol. The van der Waals surface area contributed by atoms with E-state index in [0.29, 0.717) is 12.8 Å². The van der Waals surface area contributed by atoms with Gasteiger partial charge in [0.15, 0.2) is 0 Å². The van der Waals surface area contributed by atoms with Gasteiger partial charge in [0, 0.05) is 30.4 Å². The molecule has 1 aliphatic rings. The molecular formula is C17H13F5N2O. The van der Waals surface area contributed by atoms with Crippen LogP contribution in [-0.4, -0.2) is 16.9 Å². The van der Waals surface area contributed by atoms with Gasteiger partial charge in [-0.3, -0.25) is 9.78 Å². The molecule has 2 aromatic rings. The van der Waals surface area contributed by atoms with Crippen molar-refractivity contribution in [1.29, 1.82) is 0 Å². The first-order chi connectivity index (χ1) is 11.8. The van der Waals surface area contributed by atoms with Crippen molar-refractivity contribution in [2.24, 2.45) is 0 Å². The van der Waals surface area contributed by atoms with Crippen molar-refractivity contribution in [3.63, 3.8) is 0 Å². The van der Waals surface area contributed by atoms with Crippen molar-refractivity contribution in [3.05, 3.63) is 65.0 Å². The summed E-state index contributed by atoms with van der Waals surface area (Å²) in [6.45, 7) is 0. The number of carbonyl (C=O) groups excluding carboxylic acids is 1. The quantitative estimate of drug-likeness (QED) is 0.843. The van der Waals surface area contributed by atoms with E-state index in [9.17, 15) is 26.7 Å². The highest BCUT2D eigenvalue weighted by Gasteiger charge is 2.38. The molecule has 2 atom stereocenters. The van der Waals surface area contributed by atoms with Crippen molar-refractivity contribution in [3.8, 4) is 0 Å². The number of nitrogens with one attached hydrogen (secondary N) is 1. The number of rotatable bonds is 3. The number of alkyl halides is 3. The molecule has 1 fully saturated rings. The van der Waals surface area contributed by atoms with Crippen molar-refractivity contribution >= 4 is 5.91 Å². The minimum atomic E-state index is -4.68. The number of amides is 1. The SMILES string of the molecule is O=C(N[C@H]1CC[C@H]1c1ccc(F)cc1F)c1cnccc1C(F)(F)F. The van der Waals surface area contributed by atoms with E-state index in [1.807, 2.05) is 0 Å². The lowest BCUT2D eigenvalue weighted by Crippen LogP contribution is -2.46. The lowest BCUT2D eigenvalue weighted by molar-refractivity contribution is -0.138. The van der Waals surface area contributed by atoms with Crippen LogP contribution in [0.15, 0.2) is 36.7 Å². The van der Waals surface area contributed by atoms with Crippen LogP contribution in [-0.2, 0) is 6.18 Å². The van der Waals surface area contributed by atoms with E-state index >= 15 is 0 Å². The van der Waals surface area contributed by atoms with E-state index in [4.69, 9.17) is 0 Å². The topological polar surface area (TPSA) is 42.0 Å². The third kappa shape index (κ3) is 3.47. The summed E-state index contributed by atoms with van der Waals surface area (Å²) in [4.78, 5) is 15.8. The Morgan fingerprint density at radius 2 is 1.92 bits per heavy atom. The Morgan fingerprint density at radius 1 is 1.16 bits per heavy atom. The molecule has 1 aliphatic carbocycles. The lowest BCUT2D eigenvalue weighted by atomic mass is 9.74. The molecule has 132 valence electrons. The maximum atomic E-state index is 13.9. The number of hydrogen-bond acceptors (Lipinski definition) is 2. The number of halogens is 5. The van der Waals surface area contributed by atoms with E-state index in [0.717, 1.165) is 30.6 Å². The highest BCUT2D eigenvalue weighted by atomic mass is 19.4. The Balaban J connectivity index is 1.78. The second-order valence-corrected chi connectivity index (χ2v) is 5.85. The summed E-state index contributed by atoms with van der Waals surface area (Å²) in [6.07, 6.45) is -1.83. The second kappa shape index (κ2) is 6.42. The number of aromatic nitrogens is 1. The third-order valence-electron chi connectivity index (χ3n) is 4.32. The van der Waals surface area contributed by atoms with Gasteiger partial charge >= 0.3 is 6.18 Å². The van der Waals surface area contributed by atoms with Gasteiger partial charge in [-0.05, 0) is 30.5 Å². The molecule has 3 rings (SSSR count). The molecule has 1 amide bonds. The number of carbonyl (C=O) groups is 1. The Hall–Kier alpha value is -2.51. The van der Waals surface area contributed by atoms with Gasteiger partial charge in [0.1, 0.15) is 11.6 Å². The molecule has 1 saturated carbocycles. The molecule has 1 aromatic heterocycles. The molecule has 0 aliphatic heterocycles. The Bertz CT molecular complexity index is 806. The van der Waals surface area contributed by atoms with Gasteiger partial charge in [-0.2, -0.15) is 13.2 Å². The molecule has 0 spiro atoms. The molecule has 0 bridgehead atoms. The van der Waals surface area contributed by atoms with Crippen LogP contribution < -0.4 is 5.32 Å². The van der Waals surface area contributed by atoms with Gasteiger partial charge in [0.2, 0.25) is 0 Å². The normalized spacial score (nSPS) is 20.0. The highest BCUT2D eigenvalue weighted by Crippen LogP contribution is 2.39. The largest absolute Gasteiger partial charge is 0.417 e. The number of benzene rings is 1. The van der Waals surface area contributed by atoms with Crippen LogP contribution in [0.5, 0.6) is 0 Å². The maximum absolute atomic E-state index is 13.9. The fraction of sp³-hybridized carbons (Fsp3) is 0.294. The van der Waals surface area contributed by atoms with Crippen molar-refractivity contribution in [2.75, 3.05) is 0 Å². The van der Waals surface area contributed by atoms with Crippen LogP contribution in [0, 0.1) is 11.6 Å². The second-order valence-electron chi connectivity index (χ2n) is 5.85.